The van der Waals surface area contributed by atoms with Gasteiger partial charge in [0.05, 0.1) is 6.04 Å². The predicted octanol–water partition coefficient (Wildman–Crippen LogP) is 2.78. The van der Waals surface area contributed by atoms with Gasteiger partial charge in [-0.1, -0.05) is 26.0 Å². The summed E-state index contributed by atoms with van der Waals surface area (Å²) in [7, 11) is 0. The van der Waals surface area contributed by atoms with E-state index in [0.29, 0.717) is 0 Å². The molecule has 3 N–H and O–H groups in total. The summed E-state index contributed by atoms with van der Waals surface area (Å²) in [6.07, 6.45) is 1.97. The van der Waals surface area contributed by atoms with Crippen LogP contribution in [0.25, 0.3) is 0 Å². The van der Waals surface area contributed by atoms with Crippen LogP contribution in [0.15, 0.2) is 24.3 Å². The Labute approximate surface area is 128 Å². The smallest absolute Gasteiger partial charge is 0.237 e. The quantitative estimate of drug-likeness (QED) is 0.724. The van der Waals surface area contributed by atoms with Gasteiger partial charge >= 0.3 is 0 Å². The topological polar surface area (TPSA) is 58.4 Å². The maximum atomic E-state index is 12.3. The largest absolute Gasteiger partial charge is 0.399 e. The number of nitrogens with two attached hydrogens (primary N) is 1. The molecule has 0 aliphatic heterocycles. The lowest BCUT2D eigenvalue weighted by atomic mass is 10.1. The molecular weight excluding hydrogens is 262 g/mol. The van der Waals surface area contributed by atoms with Crippen LogP contribution in [0, 0.1) is 0 Å². The number of benzene rings is 1. The fourth-order valence-corrected chi connectivity index (χ4v) is 2.19. The fraction of sp³-hybridized carbons (Fsp3) is 0.588. The van der Waals surface area contributed by atoms with Crippen molar-refractivity contribution in [3.05, 3.63) is 29.8 Å². The number of carbonyl (C=O) groups is 1. The van der Waals surface area contributed by atoms with Crippen molar-refractivity contribution in [3.8, 4) is 0 Å². The molecule has 1 amide bonds. The summed E-state index contributed by atoms with van der Waals surface area (Å²) in [6, 6.07) is 7.96. The minimum absolute atomic E-state index is 0.105. The zero-order valence-corrected chi connectivity index (χ0v) is 13.7. The lowest BCUT2D eigenvalue weighted by Crippen LogP contribution is -2.47. The van der Waals surface area contributed by atoms with Crippen LogP contribution in [-0.4, -0.2) is 29.4 Å². The van der Waals surface area contributed by atoms with Gasteiger partial charge in [0, 0.05) is 18.3 Å². The molecule has 0 aromatic heterocycles. The van der Waals surface area contributed by atoms with Crippen molar-refractivity contribution in [2.24, 2.45) is 0 Å². The van der Waals surface area contributed by atoms with Crippen LogP contribution in [0.2, 0.25) is 0 Å². The van der Waals surface area contributed by atoms with E-state index in [0.717, 1.165) is 31.6 Å². The second-order valence-electron chi connectivity index (χ2n) is 5.71. The van der Waals surface area contributed by atoms with Crippen LogP contribution in [-0.2, 0) is 11.3 Å². The summed E-state index contributed by atoms with van der Waals surface area (Å²) in [5.41, 5.74) is 7.66. The number of nitrogens with one attached hydrogen (secondary N) is 1. The predicted molar refractivity (Wildman–Crippen MR) is 88.9 cm³/mol. The first-order chi connectivity index (χ1) is 9.97. The lowest BCUT2D eigenvalue weighted by molar-refractivity contribution is -0.126. The zero-order chi connectivity index (χ0) is 15.8. The number of amides is 1. The number of nitrogens with zero attached hydrogens (tertiary/aromatic N) is 1. The third kappa shape index (κ3) is 5.76. The Kier molecular flexibility index (Phi) is 7.23. The highest BCUT2D eigenvalue weighted by Gasteiger charge is 2.21. The van der Waals surface area contributed by atoms with E-state index in [9.17, 15) is 4.79 Å². The molecule has 0 fully saturated rings. The molecule has 21 heavy (non-hydrogen) atoms. The second-order valence-corrected chi connectivity index (χ2v) is 5.71. The van der Waals surface area contributed by atoms with Crippen LogP contribution in [0.3, 0.4) is 0 Å². The molecule has 0 saturated heterocycles. The van der Waals surface area contributed by atoms with Crippen molar-refractivity contribution >= 4 is 11.6 Å². The molecule has 4 heteroatoms. The molecule has 4 nitrogen and oxygen atoms in total. The Morgan fingerprint density at radius 1 is 1.24 bits per heavy atom. The summed E-state index contributed by atoms with van der Waals surface area (Å²) in [5.74, 6) is 0.105. The van der Waals surface area contributed by atoms with Crippen LogP contribution in [0.1, 0.15) is 46.1 Å². The normalized spacial score (nSPS) is 14.0. The number of nitrogen functional groups attached to an aromatic ring is 1. The Bertz CT molecular complexity index is 430. The summed E-state index contributed by atoms with van der Waals surface area (Å²) < 4.78 is 0. The van der Waals surface area contributed by atoms with Crippen molar-refractivity contribution in [3.63, 3.8) is 0 Å². The summed E-state index contributed by atoms with van der Waals surface area (Å²) in [6.45, 7) is 9.89. The van der Waals surface area contributed by atoms with Gasteiger partial charge in [-0.2, -0.15) is 0 Å². The molecule has 0 heterocycles. The van der Waals surface area contributed by atoms with Crippen LogP contribution < -0.4 is 11.1 Å². The molecule has 0 spiro atoms. The van der Waals surface area contributed by atoms with Crippen LogP contribution in [0.4, 0.5) is 5.69 Å². The highest BCUT2D eigenvalue weighted by atomic mass is 16.2. The van der Waals surface area contributed by atoms with E-state index < -0.39 is 0 Å². The first-order valence-electron chi connectivity index (χ1n) is 7.86. The van der Waals surface area contributed by atoms with Crippen LogP contribution in [0.5, 0.6) is 0 Å². The first kappa shape index (κ1) is 17.5. The van der Waals surface area contributed by atoms with Gasteiger partial charge in [-0.05, 0) is 50.9 Å². The van der Waals surface area contributed by atoms with Gasteiger partial charge < -0.3 is 11.1 Å². The van der Waals surface area contributed by atoms with Gasteiger partial charge in [0.15, 0.2) is 0 Å². The summed E-state index contributed by atoms with van der Waals surface area (Å²) in [5, 5.41) is 3.06. The van der Waals surface area contributed by atoms with Crippen molar-refractivity contribution in [1.82, 2.24) is 10.2 Å². The molecule has 0 aliphatic carbocycles. The molecule has 1 aromatic rings. The number of rotatable bonds is 8. The van der Waals surface area contributed by atoms with Crippen molar-refractivity contribution in [2.75, 3.05) is 12.3 Å². The zero-order valence-electron chi connectivity index (χ0n) is 13.7. The number of hydrogen-bond acceptors (Lipinski definition) is 3. The Hall–Kier alpha value is -1.55. The van der Waals surface area contributed by atoms with Gasteiger partial charge in [0.25, 0.3) is 0 Å². The minimum Gasteiger partial charge on any atom is -0.399 e. The van der Waals surface area contributed by atoms with Gasteiger partial charge in [-0.25, -0.2) is 0 Å². The molecule has 118 valence electrons. The fourth-order valence-electron chi connectivity index (χ4n) is 2.19. The standard InChI is InChI=1S/C17H29N3O/c1-5-11-20(12-15-7-9-16(18)10-8-15)14(4)17(21)19-13(3)6-2/h7-10,13-14H,5-6,11-12,18H2,1-4H3,(H,19,21). The van der Waals surface area contributed by atoms with E-state index in [2.05, 4.69) is 24.1 Å². The van der Waals surface area contributed by atoms with Gasteiger partial charge in [-0.3, -0.25) is 9.69 Å². The second kappa shape index (κ2) is 8.67. The average Bonchev–Trinajstić information content (AvgIpc) is 2.48. The Morgan fingerprint density at radius 2 is 1.86 bits per heavy atom. The maximum absolute atomic E-state index is 12.3. The van der Waals surface area contributed by atoms with E-state index in [1.165, 1.54) is 5.56 Å². The van der Waals surface area contributed by atoms with Crippen molar-refractivity contribution < 1.29 is 4.79 Å². The molecule has 0 saturated carbocycles. The Balaban J connectivity index is 2.70. The average molecular weight is 291 g/mol. The number of anilines is 1. The molecule has 2 unspecified atom stereocenters. The molecular formula is C17H29N3O. The third-order valence-electron chi connectivity index (χ3n) is 3.80. The van der Waals surface area contributed by atoms with E-state index in [4.69, 9.17) is 5.73 Å². The number of carbonyl (C=O) groups excluding carboxylic acids is 1. The third-order valence-corrected chi connectivity index (χ3v) is 3.80. The molecule has 2 atom stereocenters. The van der Waals surface area contributed by atoms with Gasteiger partial charge in [0.2, 0.25) is 5.91 Å². The summed E-state index contributed by atoms with van der Waals surface area (Å²) in [4.78, 5) is 14.5. The molecule has 0 aliphatic rings. The molecule has 1 aromatic carbocycles. The number of hydrogen-bond donors (Lipinski definition) is 2. The van der Waals surface area contributed by atoms with Crippen LogP contribution >= 0.6 is 0 Å². The van der Waals surface area contributed by atoms with Crippen molar-refractivity contribution in [1.29, 1.82) is 0 Å². The maximum Gasteiger partial charge on any atom is 0.237 e. The van der Waals surface area contributed by atoms with E-state index in [-0.39, 0.29) is 18.0 Å². The Morgan fingerprint density at radius 3 is 2.38 bits per heavy atom. The van der Waals surface area contributed by atoms with E-state index >= 15 is 0 Å². The SMILES string of the molecule is CCCN(Cc1ccc(N)cc1)C(C)C(=O)NC(C)CC. The molecule has 0 radical (unpaired) electrons. The summed E-state index contributed by atoms with van der Waals surface area (Å²) >= 11 is 0. The monoisotopic (exact) mass is 291 g/mol. The minimum atomic E-state index is -0.128. The lowest BCUT2D eigenvalue weighted by Gasteiger charge is -2.29. The molecule has 0 bridgehead atoms. The van der Waals surface area contributed by atoms with E-state index in [1.807, 2.05) is 38.1 Å². The first-order valence-corrected chi connectivity index (χ1v) is 7.86. The van der Waals surface area contributed by atoms with E-state index in [1.54, 1.807) is 0 Å². The van der Waals surface area contributed by atoms with Gasteiger partial charge in [0.1, 0.15) is 0 Å². The highest BCUT2D eigenvalue weighted by Crippen LogP contribution is 2.12. The molecule has 1 rings (SSSR count). The van der Waals surface area contributed by atoms with Gasteiger partial charge in [-0.15, -0.1) is 0 Å². The van der Waals surface area contributed by atoms with Crippen molar-refractivity contribution in [2.45, 2.75) is 59.2 Å². The highest BCUT2D eigenvalue weighted by molar-refractivity contribution is 5.81.